The summed E-state index contributed by atoms with van der Waals surface area (Å²) in [6.07, 6.45) is 0.602. The zero-order valence-corrected chi connectivity index (χ0v) is 12.4. The highest BCUT2D eigenvalue weighted by atomic mass is 16.7. The van der Waals surface area contributed by atoms with Crippen molar-refractivity contribution in [1.82, 2.24) is 5.06 Å². The van der Waals surface area contributed by atoms with E-state index in [1.54, 1.807) is 20.8 Å². The normalized spacial score (nSPS) is 40.2. The van der Waals surface area contributed by atoms with E-state index in [2.05, 4.69) is 0 Å². The minimum absolute atomic E-state index is 0.218. The zero-order chi connectivity index (χ0) is 15.4. The minimum atomic E-state index is -1.23. The van der Waals surface area contributed by atoms with Gasteiger partial charge in [0.15, 0.2) is 5.54 Å². The highest BCUT2D eigenvalue weighted by molar-refractivity contribution is 6.02. The van der Waals surface area contributed by atoms with E-state index < -0.39 is 34.8 Å². The molecular weight excluding hydrogens is 278 g/mol. The van der Waals surface area contributed by atoms with Crippen molar-refractivity contribution in [2.75, 3.05) is 19.8 Å². The fourth-order valence-corrected chi connectivity index (χ4v) is 4.36. The molecule has 3 fully saturated rings. The Morgan fingerprint density at radius 1 is 1.33 bits per heavy atom. The van der Waals surface area contributed by atoms with Gasteiger partial charge in [0.05, 0.1) is 19.1 Å². The summed E-state index contributed by atoms with van der Waals surface area (Å²) in [7, 11) is 0. The van der Waals surface area contributed by atoms with Crippen LogP contribution in [0.15, 0.2) is 0 Å². The van der Waals surface area contributed by atoms with Crippen LogP contribution in [0.25, 0.3) is 0 Å². The fraction of sp³-hybridized carbons (Fsp3) is 0.786. The molecule has 7 heteroatoms. The first kappa shape index (κ1) is 14.3. The SMILES string of the molecule is CCOC(=O)[C@H]1[C@@H]2CCN3OC(=O)[C@@]1(C)[C@]23C(=O)OCC. The molecule has 4 atom stereocenters. The third kappa shape index (κ3) is 1.35. The average Bonchev–Trinajstić information content (AvgIpc) is 2.81. The third-order valence-corrected chi connectivity index (χ3v) is 5.13. The summed E-state index contributed by atoms with van der Waals surface area (Å²) in [5.41, 5.74) is -2.40. The Bertz CT molecular complexity index is 520. The summed E-state index contributed by atoms with van der Waals surface area (Å²) in [5.74, 6) is -2.43. The van der Waals surface area contributed by atoms with E-state index in [4.69, 9.17) is 14.3 Å². The van der Waals surface area contributed by atoms with Crippen LogP contribution in [0.4, 0.5) is 0 Å². The van der Waals surface area contributed by atoms with E-state index >= 15 is 0 Å². The molecule has 1 aliphatic carbocycles. The number of rotatable bonds is 4. The van der Waals surface area contributed by atoms with Crippen molar-refractivity contribution in [3.05, 3.63) is 0 Å². The summed E-state index contributed by atoms with van der Waals surface area (Å²) in [4.78, 5) is 42.3. The predicted molar refractivity (Wildman–Crippen MR) is 68.5 cm³/mol. The second kappa shape index (κ2) is 4.43. The Balaban J connectivity index is 2.03. The number of esters is 2. The van der Waals surface area contributed by atoms with Gasteiger partial charge in [0.25, 0.3) is 0 Å². The monoisotopic (exact) mass is 297 g/mol. The first-order valence-electron chi connectivity index (χ1n) is 7.30. The first-order chi connectivity index (χ1) is 9.96. The summed E-state index contributed by atoms with van der Waals surface area (Å²) in [6.45, 7) is 5.92. The molecule has 0 amide bonds. The Kier molecular flexibility index (Phi) is 3.02. The quantitative estimate of drug-likeness (QED) is 0.689. The van der Waals surface area contributed by atoms with Crippen molar-refractivity contribution in [2.24, 2.45) is 17.3 Å². The molecule has 0 aromatic heterocycles. The topological polar surface area (TPSA) is 82.1 Å². The number of hydrogen-bond acceptors (Lipinski definition) is 7. The molecule has 116 valence electrons. The van der Waals surface area contributed by atoms with Crippen molar-refractivity contribution in [3.63, 3.8) is 0 Å². The minimum Gasteiger partial charge on any atom is -0.466 e. The van der Waals surface area contributed by atoms with E-state index in [0.29, 0.717) is 13.0 Å². The molecule has 3 rings (SSSR count). The summed E-state index contributed by atoms with van der Waals surface area (Å²) in [6, 6.07) is 0. The van der Waals surface area contributed by atoms with Crippen molar-refractivity contribution in [1.29, 1.82) is 0 Å². The van der Waals surface area contributed by atoms with Crippen LogP contribution in [0.5, 0.6) is 0 Å². The van der Waals surface area contributed by atoms with Crippen LogP contribution in [0, 0.1) is 17.3 Å². The van der Waals surface area contributed by atoms with E-state index in [9.17, 15) is 14.4 Å². The van der Waals surface area contributed by atoms with Gasteiger partial charge in [-0.3, -0.25) is 4.79 Å². The van der Waals surface area contributed by atoms with Gasteiger partial charge in [-0.15, -0.1) is 5.06 Å². The van der Waals surface area contributed by atoms with Gasteiger partial charge in [-0.2, -0.15) is 0 Å². The lowest BCUT2D eigenvalue weighted by Gasteiger charge is -2.56. The van der Waals surface area contributed by atoms with Gasteiger partial charge in [-0.05, 0) is 27.2 Å². The second-order valence-corrected chi connectivity index (χ2v) is 5.79. The van der Waals surface area contributed by atoms with E-state index in [-0.39, 0.29) is 19.1 Å². The molecule has 0 aromatic carbocycles. The molecule has 2 saturated heterocycles. The van der Waals surface area contributed by atoms with Crippen molar-refractivity contribution in [2.45, 2.75) is 32.7 Å². The lowest BCUT2D eigenvalue weighted by molar-refractivity contribution is -0.217. The van der Waals surface area contributed by atoms with Gasteiger partial charge >= 0.3 is 17.9 Å². The highest BCUT2D eigenvalue weighted by Gasteiger charge is 2.88. The van der Waals surface area contributed by atoms with Crippen LogP contribution in [-0.4, -0.2) is 48.3 Å². The van der Waals surface area contributed by atoms with Crippen LogP contribution >= 0.6 is 0 Å². The van der Waals surface area contributed by atoms with Crippen LogP contribution in [-0.2, 0) is 28.7 Å². The lowest BCUT2D eigenvalue weighted by atomic mass is 9.43. The molecule has 0 spiro atoms. The highest BCUT2D eigenvalue weighted by Crippen LogP contribution is 2.70. The molecule has 0 bridgehead atoms. The van der Waals surface area contributed by atoms with E-state index in [0.717, 1.165) is 0 Å². The number of carbonyl (C=O) groups is 3. The predicted octanol–water partition coefficient (Wildman–Crippen LogP) is 0.281. The second-order valence-electron chi connectivity index (χ2n) is 5.79. The van der Waals surface area contributed by atoms with Crippen molar-refractivity contribution < 1.29 is 28.7 Å². The van der Waals surface area contributed by atoms with Crippen LogP contribution in [0.1, 0.15) is 27.2 Å². The number of hydroxylamine groups is 2. The maximum Gasteiger partial charge on any atom is 0.334 e. The Labute approximate surface area is 122 Å². The molecule has 0 N–H and O–H groups in total. The van der Waals surface area contributed by atoms with Crippen LogP contribution in [0.3, 0.4) is 0 Å². The van der Waals surface area contributed by atoms with Gasteiger partial charge < -0.3 is 14.3 Å². The van der Waals surface area contributed by atoms with Crippen molar-refractivity contribution in [3.8, 4) is 0 Å². The van der Waals surface area contributed by atoms with Gasteiger partial charge in [-0.1, -0.05) is 0 Å². The molecule has 2 aliphatic heterocycles. The molecular formula is C14H19NO6. The van der Waals surface area contributed by atoms with E-state index in [1.807, 2.05) is 0 Å². The first-order valence-corrected chi connectivity index (χ1v) is 7.30. The van der Waals surface area contributed by atoms with Crippen LogP contribution < -0.4 is 0 Å². The molecule has 0 unspecified atom stereocenters. The largest absolute Gasteiger partial charge is 0.466 e. The maximum atomic E-state index is 12.5. The van der Waals surface area contributed by atoms with Gasteiger partial charge in [-0.25, -0.2) is 9.59 Å². The van der Waals surface area contributed by atoms with Gasteiger partial charge in [0.2, 0.25) is 0 Å². The average molecular weight is 297 g/mol. The Morgan fingerprint density at radius 2 is 2.00 bits per heavy atom. The summed E-state index contributed by atoms with van der Waals surface area (Å²) >= 11 is 0. The summed E-state index contributed by atoms with van der Waals surface area (Å²) in [5, 5.41) is 1.41. The van der Waals surface area contributed by atoms with Gasteiger partial charge in [0.1, 0.15) is 5.41 Å². The molecule has 0 aromatic rings. The van der Waals surface area contributed by atoms with Crippen molar-refractivity contribution >= 4 is 17.9 Å². The molecule has 1 saturated carbocycles. The third-order valence-electron chi connectivity index (χ3n) is 5.13. The van der Waals surface area contributed by atoms with Gasteiger partial charge in [0, 0.05) is 12.5 Å². The number of carbonyl (C=O) groups excluding carboxylic acids is 3. The maximum absolute atomic E-state index is 12.5. The lowest BCUT2D eigenvalue weighted by Crippen LogP contribution is -2.75. The Morgan fingerprint density at radius 3 is 2.62 bits per heavy atom. The molecule has 21 heavy (non-hydrogen) atoms. The zero-order valence-electron chi connectivity index (χ0n) is 12.4. The number of hydrogen-bond donors (Lipinski definition) is 0. The molecule has 3 aliphatic rings. The summed E-state index contributed by atoms with van der Waals surface area (Å²) < 4.78 is 10.3. The number of nitrogens with zero attached hydrogens (tertiary/aromatic N) is 1. The smallest absolute Gasteiger partial charge is 0.334 e. The molecule has 0 radical (unpaired) electrons. The standard InChI is InChI=1S/C14H19NO6/c1-4-19-10(16)9-8-6-7-15-14(8,12(18)20-5-2)13(9,3)11(17)21-15/h8-9H,4-7H2,1-3H3/t8-,9+,13-,14+/m0/s1. The number of ether oxygens (including phenoxy) is 2. The Hall–Kier alpha value is -1.63. The van der Waals surface area contributed by atoms with E-state index in [1.165, 1.54) is 5.06 Å². The molecule has 2 heterocycles. The molecule has 7 nitrogen and oxygen atoms in total. The van der Waals surface area contributed by atoms with Crippen LogP contribution in [0.2, 0.25) is 0 Å². The fourth-order valence-electron chi connectivity index (χ4n) is 4.36.